The number of rotatable bonds is 6. The largest absolute Gasteiger partial charge is 0.336 e. The second-order valence-electron chi connectivity index (χ2n) is 5.02. The number of hydrogen-bond acceptors (Lipinski definition) is 1. The molecule has 3 heteroatoms. The quantitative estimate of drug-likeness (QED) is 0.735. The van der Waals surface area contributed by atoms with Crippen molar-refractivity contribution in [1.82, 2.24) is 4.90 Å². The molecule has 2 nitrogen and oxygen atoms in total. The molecule has 0 aliphatic rings. The maximum atomic E-state index is 12.7. The van der Waals surface area contributed by atoms with Gasteiger partial charge in [0.05, 0.1) is 0 Å². The molecule has 0 N–H and O–H groups in total. The number of halogens is 1. The molecule has 1 atom stereocenters. The SMILES string of the molecule is CCCCN(C(=O)c1cccc(Br)c1C)C(C)CC. The Morgan fingerprint density at radius 3 is 2.63 bits per heavy atom. The normalized spacial score (nSPS) is 12.3. The lowest BCUT2D eigenvalue weighted by Crippen LogP contribution is -2.39. The molecule has 1 amide bonds. The van der Waals surface area contributed by atoms with Gasteiger partial charge in [0.1, 0.15) is 0 Å². The molecule has 0 heterocycles. The molecule has 0 bridgehead atoms. The van der Waals surface area contributed by atoms with Crippen molar-refractivity contribution in [1.29, 1.82) is 0 Å². The van der Waals surface area contributed by atoms with Crippen LogP contribution >= 0.6 is 15.9 Å². The third kappa shape index (κ3) is 4.07. The molecule has 106 valence electrons. The van der Waals surface area contributed by atoms with Crippen LogP contribution in [-0.4, -0.2) is 23.4 Å². The van der Waals surface area contributed by atoms with E-state index in [1.54, 1.807) is 0 Å². The molecule has 19 heavy (non-hydrogen) atoms. The first-order chi connectivity index (χ1) is 9.02. The van der Waals surface area contributed by atoms with Gasteiger partial charge < -0.3 is 4.90 Å². The topological polar surface area (TPSA) is 20.3 Å². The Labute approximate surface area is 125 Å². The van der Waals surface area contributed by atoms with Gasteiger partial charge in [-0.05, 0) is 44.4 Å². The minimum Gasteiger partial charge on any atom is -0.336 e. The number of carbonyl (C=O) groups excluding carboxylic acids is 1. The molecule has 0 saturated heterocycles. The van der Waals surface area contributed by atoms with Crippen LogP contribution in [0.25, 0.3) is 0 Å². The van der Waals surface area contributed by atoms with Crippen molar-refractivity contribution in [3.63, 3.8) is 0 Å². The maximum Gasteiger partial charge on any atom is 0.254 e. The maximum absolute atomic E-state index is 12.7. The third-order valence-electron chi connectivity index (χ3n) is 3.63. The van der Waals surface area contributed by atoms with Crippen LogP contribution in [0.15, 0.2) is 22.7 Å². The highest BCUT2D eigenvalue weighted by molar-refractivity contribution is 9.10. The van der Waals surface area contributed by atoms with Crippen LogP contribution in [0.2, 0.25) is 0 Å². The molecule has 1 aromatic carbocycles. The highest BCUT2D eigenvalue weighted by Crippen LogP contribution is 2.22. The van der Waals surface area contributed by atoms with Crippen molar-refractivity contribution in [2.24, 2.45) is 0 Å². The predicted molar refractivity (Wildman–Crippen MR) is 84.6 cm³/mol. The van der Waals surface area contributed by atoms with Crippen molar-refractivity contribution in [2.75, 3.05) is 6.54 Å². The van der Waals surface area contributed by atoms with Gasteiger partial charge in [0, 0.05) is 22.6 Å². The van der Waals surface area contributed by atoms with E-state index in [4.69, 9.17) is 0 Å². The number of hydrogen-bond donors (Lipinski definition) is 0. The molecule has 0 fully saturated rings. The highest BCUT2D eigenvalue weighted by atomic mass is 79.9. The average molecular weight is 326 g/mol. The molecule has 1 rings (SSSR count). The first kappa shape index (κ1) is 16.2. The third-order valence-corrected chi connectivity index (χ3v) is 4.49. The van der Waals surface area contributed by atoms with Crippen LogP contribution in [0.4, 0.5) is 0 Å². The van der Waals surface area contributed by atoms with E-state index in [1.807, 2.05) is 30.0 Å². The number of benzene rings is 1. The van der Waals surface area contributed by atoms with Crippen LogP contribution < -0.4 is 0 Å². The molecule has 0 saturated carbocycles. The van der Waals surface area contributed by atoms with Crippen LogP contribution in [0.3, 0.4) is 0 Å². The van der Waals surface area contributed by atoms with E-state index in [2.05, 4.69) is 36.7 Å². The molecule has 1 aromatic rings. The number of nitrogens with zero attached hydrogens (tertiary/aromatic N) is 1. The second kappa shape index (κ2) is 7.68. The second-order valence-corrected chi connectivity index (χ2v) is 5.88. The van der Waals surface area contributed by atoms with Gasteiger partial charge in [-0.3, -0.25) is 4.79 Å². The van der Waals surface area contributed by atoms with E-state index in [0.29, 0.717) is 0 Å². The Bertz CT molecular complexity index is 431. The molecule has 0 radical (unpaired) electrons. The van der Waals surface area contributed by atoms with Gasteiger partial charge in [-0.2, -0.15) is 0 Å². The van der Waals surface area contributed by atoms with Gasteiger partial charge in [0.2, 0.25) is 0 Å². The Balaban J connectivity index is 3.01. The number of amides is 1. The van der Waals surface area contributed by atoms with Crippen molar-refractivity contribution in [2.45, 2.75) is 53.0 Å². The van der Waals surface area contributed by atoms with E-state index in [1.165, 1.54) is 0 Å². The van der Waals surface area contributed by atoms with E-state index < -0.39 is 0 Å². The minimum atomic E-state index is 0.154. The van der Waals surface area contributed by atoms with Gasteiger partial charge in [-0.25, -0.2) is 0 Å². The summed E-state index contributed by atoms with van der Waals surface area (Å²) in [5, 5.41) is 0. The van der Waals surface area contributed by atoms with Gasteiger partial charge in [-0.15, -0.1) is 0 Å². The fourth-order valence-corrected chi connectivity index (χ4v) is 2.43. The summed E-state index contributed by atoms with van der Waals surface area (Å²) in [4.78, 5) is 14.7. The van der Waals surface area contributed by atoms with Crippen LogP contribution in [-0.2, 0) is 0 Å². The number of unbranched alkanes of at least 4 members (excludes halogenated alkanes) is 1. The van der Waals surface area contributed by atoms with E-state index in [-0.39, 0.29) is 11.9 Å². The van der Waals surface area contributed by atoms with Crippen molar-refractivity contribution in [3.8, 4) is 0 Å². The van der Waals surface area contributed by atoms with Gasteiger partial charge in [0.15, 0.2) is 0 Å². The highest BCUT2D eigenvalue weighted by Gasteiger charge is 2.21. The summed E-state index contributed by atoms with van der Waals surface area (Å²) in [6.45, 7) is 9.25. The average Bonchev–Trinajstić information content (AvgIpc) is 2.41. The lowest BCUT2D eigenvalue weighted by Gasteiger charge is -2.29. The van der Waals surface area contributed by atoms with E-state index in [9.17, 15) is 4.79 Å². The molecule has 1 unspecified atom stereocenters. The molecule has 0 aliphatic carbocycles. The van der Waals surface area contributed by atoms with Crippen LogP contribution in [0.1, 0.15) is 56.0 Å². The first-order valence-corrected chi connectivity index (χ1v) is 7.88. The monoisotopic (exact) mass is 325 g/mol. The Kier molecular flexibility index (Phi) is 6.56. The summed E-state index contributed by atoms with van der Waals surface area (Å²) in [5.74, 6) is 0.154. The van der Waals surface area contributed by atoms with Gasteiger partial charge in [-0.1, -0.05) is 42.3 Å². The van der Waals surface area contributed by atoms with Crippen molar-refractivity contribution >= 4 is 21.8 Å². The Morgan fingerprint density at radius 2 is 2.05 bits per heavy atom. The van der Waals surface area contributed by atoms with Crippen LogP contribution in [0, 0.1) is 6.92 Å². The molecule has 0 aromatic heterocycles. The molecule has 0 aliphatic heterocycles. The number of carbonyl (C=O) groups is 1. The van der Waals surface area contributed by atoms with Crippen LogP contribution in [0.5, 0.6) is 0 Å². The van der Waals surface area contributed by atoms with Gasteiger partial charge in [0.25, 0.3) is 5.91 Å². The summed E-state index contributed by atoms with van der Waals surface area (Å²) in [7, 11) is 0. The predicted octanol–water partition coefficient (Wildman–Crippen LogP) is 4.80. The summed E-state index contributed by atoms with van der Waals surface area (Å²) in [5.41, 5.74) is 1.84. The molecule has 0 spiro atoms. The lowest BCUT2D eigenvalue weighted by molar-refractivity contribution is 0.0684. The standard InChI is InChI=1S/C16H24BrNO/c1-5-7-11-18(12(3)6-2)16(19)14-9-8-10-15(17)13(14)4/h8-10,12H,5-7,11H2,1-4H3. The zero-order valence-corrected chi connectivity index (χ0v) is 14.0. The van der Waals surface area contributed by atoms with E-state index >= 15 is 0 Å². The zero-order valence-electron chi connectivity index (χ0n) is 12.4. The summed E-state index contributed by atoms with van der Waals surface area (Å²) in [6, 6.07) is 6.12. The first-order valence-electron chi connectivity index (χ1n) is 7.08. The fraction of sp³-hybridized carbons (Fsp3) is 0.562. The Morgan fingerprint density at radius 1 is 1.37 bits per heavy atom. The smallest absolute Gasteiger partial charge is 0.254 e. The Hall–Kier alpha value is -0.830. The summed E-state index contributed by atoms with van der Waals surface area (Å²) in [6.07, 6.45) is 3.16. The molecular weight excluding hydrogens is 302 g/mol. The lowest BCUT2D eigenvalue weighted by atomic mass is 10.1. The van der Waals surface area contributed by atoms with Crippen molar-refractivity contribution in [3.05, 3.63) is 33.8 Å². The summed E-state index contributed by atoms with van der Waals surface area (Å²) < 4.78 is 0.998. The zero-order chi connectivity index (χ0) is 14.4. The minimum absolute atomic E-state index is 0.154. The molecular formula is C16H24BrNO. The van der Waals surface area contributed by atoms with Gasteiger partial charge >= 0.3 is 0 Å². The summed E-state index contributed by atoms with van der Waals surface area (Å²) >= 11 is 3.50. The fourth-order valence-electron chi connectivity index (χ4n) is 2.06. The van der Waals surface area contributed by atoms with Crippen molar-refractivity contribution < 1.29 is 4.79 Å². The van der Waals surface area contributed by atoms with E-state index in [0.717, 1.165) is 41.4 Å².